The van der Waals surface area contributed by atoms with Crippen molar-refractivity contribution in [2.45, 2.75) is 46.2 Å². The van der Waals surface area contributed by atoms with Crippen LogP contribution in [0.15, 0.2) is 72.8 Å². The molecule has 0 amide bonds. The molecule has 4 aromatic carbocycles. The predicted octanol–water partition coefficient (Wildman–Crippen LogP) is 7.79. The first kappa shape index (κ1) is 44.1. The van der Waals surface area contributed by atoms with Crippen molar-refractivity contribution >= 4 is 79.4 Å². The molecular formula is C42H41Cl3N4O8S. The number of carboxylic acid groups (broad SMARTS) is 2. The Morgan fingerprint density at radius 3 is 1.62 bits per heavy atom. The Morgan fingerprint density at radius 1 is 0.724 bits per heavy atom. The maximum atomic E-state index is 12.1. The van der Waals surface area contributed by atoms with Crippen molar-refractivity contribution in [3.8, 4) is 11.5 Å². The molecule has 0 spiro atoms. The first-order valence-electron chi connectivity index (χ1n) is 17.6. The van der Waals surface area contributed by atoms with Gasteiger partial charge >= 0.3 is 11.9 Å². The lowest BCUT2D eigenvalue weighted by Crippen LogP contribution is -2.35. The van der Waals surface area contributed by atoms with E-state index in [0.717, 1.165) is 41.5 Å². The normalized spacial score (nSPS) is 13.6. The second-order valence-corrected chi connectivity index (χ2v) is 16.6. The Balaban J connectivity index is 0.000000215. The van der Waals surface area contributed by atoms with E-state index in [-0.39, 0.29) is 66.5 Å². The fourth-order valence-electron chi connectivity index (χ4n) is 7.27. The van der Waals surface area contributed by atoms with Gasteiger partial charge in [-0.3, -0.25) is 0 Å². The topological polar surface area (TPSA) is 190 Å². The van der Waals surface area contributed by atoms with E-state index < -0.39 is 22.0 Å². The van der Waals surface area contributed by atoms with E-state index in [1.807, 2.05) is 18.2 Å². The van der Waals surface area contributed by atoms with Gasteiger partial charge in [0.2, 0.25) is 10.0 Å². The third-order valence-electron chi connectivity index (χ3n) is 10.1. The Hall–Kier alpha value is -5.02. The third kappa shape index (κ3) is 9.00. The van der Waals surface area contributed by atoms with E-state index in [1.54, 1.807) is 54.6 Å². The molecule has 0 atom stereocenters. The van der Waals surface area contributed by atoms with Gasteiger partial charge in [0.25, 0.3) is 0 Å². The molecule has 0 saturated carbocycles. The molecule has 2 aromatic heterocycles. The second kappa shape index (κ2) is 17.9. The highest BCUT2D eigenvalue weighted by molar-refractivity contribution is 7.88. The lowest BCUT2D eigenvalue weighted by atomic mass is 9.94. The Labute approximate surface area is 351 Å². The summed E-state index contributed by atoms with van der Waals surface area (Å²) in [5, 5.41) is 46.0. The highest BCUT2D eigenvalue weighted by Crippen LogP contribution is 2.36. The number of aromatic carboxylic acids is 2. The van der Waals surface area contributed by atoms with Crippen molar-refractivity contribution in [2.75, 3.05) is 19.3 Å². The number of carbonyl (C=O) groups is 2. The number of nitrogens with zero attached hydrogens (tertiary/aromatic N) is 3. The predicted molar refractivity (Wildman–Crippen MR) is 228 cm³/mol. The SMILES string of the molecule is C.CS(=O)(=O)N1CCc2ccc3c(C(=O)O)c(O)c(Cc4ccc(Cl)cc4)nc3c2C1.Cl.O=C(O)c1c(O)c(Cc2ccc(Cl)cc2)nc2c3c(ccc12)CCNC3. The smallest absolute Gasteiger partial charge is 0.340 e. The van der Waals surface area contributed by atoms with E-state index in [2.05, 4.69) is 15.3 Å². The summed E-state index contributed by atoms with van der Waals surface area (Å²) in [5.41, 5.74) is 6.78. The minimum absolute atomic E-state index is 0. The average molecular weight is 868 g/mol. The maximum absolute atomic E-state index is 12.1. The first-order valence-corrected chi connectivity index (χ1v) is 20.2. The molecule has 0 unspecified atom stereocenters. The van der Waals surface area contributed by atoms with Crippen LogP contribution in [0, 0.1) is 0 Å². The molecule has 8 rings (SSSR count). The van der Waals surface area contributed by atoms with Crippen LogP contribution in [-0.4, -0.2) is 74.4 Å². The number of halogens is 3. The standard InChI is InChI=1S/C21H19ClN2O5S.C20H17ClN2O3.CH4.ClH/c1-30(28,29)24-9-8-13-4-7-15-18(21(26)27)20(25)17(23-19(15)16(13)11-24)10-12-2-5-14(22)6-3-12;21-13-4-1-11(2-5-13)9-16-19(24)17(20(25)26)14-6-3-12-7-8-22-10-15(12)18(14)23-16;;/h2-7,25H,8-11H2,1H3,(H,26,27);1-6,22,24H,7-10H2,(H,25,26);1H4;1H. The van der Waals surface area contributed by atoms with Gasteiger partial charge in [-0.05, 0) is 77.0 Å². The van der Waals surface area contributed by atoms with Crippen LogP contribution in [0.4, 0.5) is 0 Å². The van der Waals surface area contributed by atoms with Crippen molar-refractivity contribution in [2.24, 2.45) is 0 Å². The molecule has 16 heteroatoms. The number of rotatable bonds is 7. The number of benzene rings is 4. The lowest BCUT2D eigenvalue weighted by Gasteiger charge is -2.28. The molecule has 0 saturated heterocycles. The largest absolute Gasteiger partial charge is 0.505 e. The number of sulfonamides is 1. The molecule has 2 aliphatic rings. The summed E-state index contributed by atoms with van der Waals surface area (Å²) in [4.78, 5) is 33.1. The maximum Gasteiger partial charge on any atom is 0.340 e. The van der Waals surface area contributed by atoms with Crippen LogP contribution >= 0.6 is 35.6 Å². The van der Waals surface area contributed by atoms with Gasteiger partial charge in [0, 0.05) is 53.3 Å². The van der Waals surface area contributed by atoms with E-state index >= 15 is 0 Å². The second-order valence-electron chi connectivity index (χ2n) is 13.8. The van der Waals surface area contributed by atoms with Gasteiger partial charge in [-0.2, -0.15) is 4.31 Å². The number of nitrogens with one attached hydrogen (secondary N) is 1. The van der Waals surface area contributed by atoms with Gasteiger partial charge in [0.15, 0.2) is 11.5 Å². The molecular weight excluding hydrogens is 827 g/mol. The zero-order valence-electron chi connectivity index (χ0n) is 30.4. The van der Waals surface area contributed by atoms with Crippen LogP contribution in [0.1, 0.15) is 72.9 Å². The summed E-state index contributed by atoms with van der Waals surface area (Å²) in [6.45, 7) is 2.01. The molecule has 58 heavy (non-hydrogen) atoms. The molecule has 0 bridgehead atoms. The highest BCUT2D eigenvalue weighted by atomic mass is 35.5. The molecule has 304 valence electrons. The summed E-state index contributed by atoms with van der Waals surface area (Å²) in [5.74, 6) is -3.09. The van der Waals surface area contributed by atoms with Gasteiger partial charge in [0.05, 0.1) is 28.7 Å². The van der Waals surface area contributed by atoms with E-state index in [9.17, 15) is 38.4 Å². The summed E-state index contributed by atoms with van der Waals surface area (Å²) < 4.78 is 25.5. The minimum atomic E-state index is -3.41. The Morgan fingerprint density at radius 2 is 1.17 bits per heavy atom. The molecule has 0 radical (unpaired) electrons. The van der Waals surface area contributed by atoms with Gasteiger partial charge in [-0.1, -0.05) is 79.2 Å². The van der Waals surface area contributed by atoms with E-state index in [4.69, 9.17) is 23.2 Å². The van der Waals surface area contributed by atoms with Gasteiger partial charge in [-0.15, -0.1) is 12.4 Å². The lowest BCUT2D eigenvalue weighted by molar-refractivity contribution is 0.0684. The molecule has 5 N–H and O–H groups in total. The molecule has 2 aliphatic heterocycles. The molecule has 4 heterocycles. The fourth-order valence-corrected chi connectivity index (χ4v) is 8.31. The van der Waals surface area contributed by atoms with Crippen molar-refractivity contribution in [1.29, 1.82) is 0 Å². The van der Waals surface area contributed by atoms with Gasteiger partial charge in [0.1, 0.15) is 11.1 Å². The fraction of sp³-hybridized carbons (Fsp3) is 0.238. The zero-order valence-corrected chi connectivity index (χ0v) is 33.6. The Kier molecular flexibility index (Phi) is 13.6. The monoisotopic (exact) mass is 866 g/mol. The minimum Gasteiger partial charge on any atom is -0.505 e. The Bertz CT molecular complexity index is 2660. The van der Waals surface area contributed by atoms with Crippen LogP contribution in [-0.2, 0) is 48.8 Å². The summed E-state index contributed by atoms with van der Waals surface area (Å²) >= 11 is 11.8. The number of fused-ring (bicyclic) bond motifs is 6. The number of pyridine rings is 2. The van der Waals surface area contributed by atoms with Crippen molar-refractivity contribution in [3.63, 3.8) is 0 Å². The quantitative estimate of drug-likeness (QED) is 0.105. The molecule has 0 aliphatic carbocycles. The van der Waals surface area contributed by atoms with Crippen LogP contribution in [0.25, 0.3) is 21.8 Å². The number of carboxylic acids is 2. The highest BCUT2D eigenvalue weighted by Gasteiger charge is 2.29. The van der Waals surface area contributed by atoms with Crippen LogP contribution < -0.4 is 5.32 Å². The van der Waals surface area contributed by atoms with E-state index in [0.29, 0.717) is 63.7 Å². The molecule has 12 nitrogen and oxygen atoms in total. The van der Waals surface area contributed by atoms with Crippen molar-refractivity contribution in [1.82, 2.24) is 19.6 Å². The third-order valence-corrected chi connectivity index (χ3v) is 11.9. The van der Waals surface area contributed by atoms with Crippen LogP contribution in [0.3, 0.4) is 0 Å². The zero-order chi connectivity index (χ0) is 39.9. The first-order chi connectivity index (χ1) is 26.7. The van der Waals surface area contributed by atoms with Gasteiger partial charge < -0.3 is 25.7 Å². The van der Waals surface area contributed by atoms with Crippen LogP contribution in [0.5, 0.6) is 11.5 Å². The molecule has 6 aromatic rings. The number of aromatic nitrogens is 2. The van der Waals surface area contributed by atoms with E-state index in [1.165, 1.54) is 9.87 Å². The van der Waals surface area contributed by atoms with Crippen molar-refractivity contribution in [3.05, 3.63) is 139 Å². The molecule has 0 fully saturated rings. The summed E-state index contributed by atoms with van der Waals surface area (Å²) in [6, 6.07) is 21.3. The average Bonchev–Trinajstić information content (AvgIpc) is 3.16. The van der Waals surface area contributed by atoms with Crippen LogP contribution in [0.2, 0.25) is 10.0 Å². The number of aromatic hydroxyl groups is 2. The van der Waals surface area contributed by atoms with Crippen molar-refractivity contribution < 1.29 is 38.4 Å². The summed E-state index contributed by atoms with van der Waals surface area (Å²) in [7, 11) is -3.41. The number of hydrogen-bond donors (Lipinski definition) is 5. The summed E-state index contributed by atoms with van der Waals surface area (Å²) in [6.07, 6.45) is 3.07. The number of hydrogen-bond acceptors (Lipinski definition) is 9. The van der Waals surface area contributed by atoms with Gasteiger partial charge in [-0.25, -0.2) is 28.0 Å².